The van der Waals surface area contributed by atoms with E-state index in [9.17, 15) is 4.79 Å². The van der Waals surface area contributed by atoms with Crippen molar-refractivity contribution in [2.24, 2.45) is 0 Å². The van der Waals surface area contributed by atoms with Gasteiger partial charge in [0, 0.05) is 17.1 Å². The van der Waals surface area contributed by atoms with Crippen molar-refractivity contribution in [1.29, 1.82) is 0 Å². The van der Waals surface area contributed by atoms with E-state index in [0.29, 0.717) is 30.4 Å². The number of anilines is 1. The molecule has 0 unspecified atom stereocenters. The first-order chi connectivity index (χ1) is 11.8. The van der Waals surface area contributed by atoms with Gasteiger partial charge in [0.15, 0.2) is 11.5 Å². The fourth-order valence-corrected chi connectivity index (χ4v) is 4.03. The molecule has 5 nitrogen and oxygen atoms in total. The third kappa shape index (κ3) is 3.27. The summed E-state index contributed by atoms with van der Waals surface area (Å²) in [6.07, 6.45) is 0.246. The average Bonchev–Trinajstić information content (AvgIpc) is 3.26. The van der Waals surface area contributed by atoms with E-state index >= 15 is 0 Å². The number of nitrogens with one attached hydrogen (secondary N) is 1. The Kier molecular flexibility index (Phi) is 4.18. The quantitative estimate of drug-likeness (QED) is 0.770. The minimum Gasteiger partial charge on any atom is -0.486 e. The van der Waals surface area contributed by atoms with Gasteiger partial charge in [-0.15, -0.1) is 22.7 Å². The SMILES string of the molecule is O=C(Cc1csc(-c2cccs2)n1)Nc1ccc2c(c1)OCCO2. The molecule has 0 saturated heterocycles. The number of aromatic nitrogens is 1. The predicted molar refractivity (Wildman–Crippen MR) is 95.2 cm³/mol. The monoisotopic (exact) mass is 358 g/mol. The van der Waals surface area contributed by atoms with Crippen molar-refractivity contribution < 1.29 is 14.3 Å². The fourth-order valence-electron chi connectivity index (χ4n) is 2.39. The number of nitrogens with zero attached hydrogens (tertiary/aromatic N) is 1. The van der Waals surface area contributed by atoms with Crippen LogP contribution in [0.3, 0.4) is 0 Å². The van der Waals surface area contributed by atoms with Crippen LogP contribution in [0.15, 0.2) is 41.1 Å². The molecule has 0 radical (unpaired) electrons. The standard InChI is InChI=1S/C17H14N2O3S2/c20-16(9-12-10-24-17(19-12)15-2-1-7-23-15)18-11-3-4-13-14(8-11)22-6-5-21-13/h1-4,7-8,10H,5-6,9H2,(H,18,20). The number of ether oxygens (including phenoxy) is 2. The van der Waals surface area contributed by atoms with Crippen molar-refractivity contribution in [1.82, 2.24) is 4.98 Å². The second-order valence-electron chi connectivity index (χ2n) is 5.20. The summed E-state index contributed by atoms with van der Waals surface area (Å²) in [4.78, 5) is 17.9. The summed E-state index contributed by atoms with van der Waals surface area (Å²) in [6, 6.07) is 9.42. The molecule has 1 aliphatic heterocycles. The van der Waals surface area contributed by atoms with Crippen LogP contribution >= 0.6 is 22.7 Å². The molecule has 1 N–H and O–H groups in total. The van der Waals surface area contributed by atoms with Crippen LogP contribution in [0.25, 0.3) is 9.88 Å². The van der Waals surface area contributed by atoms with Crippen LogP contribution in [0.2, 0.25) is 0 Å². The number of carbonyl (C=O) groups is 1. The summed E-state index contributed by atoms with van der Waals surface area (Å²) in [7, 11) is 0. The molecule has 24 heavy (non-hydrogen) atoms. The number of benzene rings is 1. The van der Waals surface area contributed by atoms with Crippen molar-refractivity contribution in [3.8, 4) is 21.4 Å². The highest BCUT2D eigenvalue weighted by Gasteiger charge is 2.14. The highest BCUT2D eigenvalue weighted by molar-refractivity contribution is 7.20. The first-order valence-electron chi connectivity index (χ1n) is 7.46. The van der Waals surface area contributed by atoms with Crippen molar-refractivity contribution in [2.45, 2.75) is 6.42 Å². The number of hydrogen-bond acceptors (Lipinski definition) is 6. The summed E-state index contributed by atoms with van der Waals surface area (Å²) in [5.74, 6) is 1.27. The largest absolute Gasteiger partial charge is 0.486 e. The van der Waals surface area contributed by atoms with E-state index in [4.69, 9.17) is 9.47 Å². The first kappa shape index (κ1) is 15.2. The average molecular weight is 358 g/mol. The Balaban J connectivity index is 1.42. The second kappa shape index (κ2) is 6.62. The molecule has 1 aliphatic rings. The maximum absolute atomic E-state index is 12.2. The van der Waals surface area contributed by atoms with E-state index in [0.717, 1.165) is 15.6 Å². The topological polar surface area (TPSA) is 60.5 Å². The third-order valence-electron chi connectivity index (χ3n) is 3.45. The normalized spacial score (nSPS) is 12.8. The molecule has 0 bridgehead atoms. The fraction of sp³-hybridized carbons (Fsp3) is 0.176. The molecule has 0 spiro atoms. The lowest BCUT2D eigenvalue weighted by molar-refractivity contribution is -0.115. The highest BCUT2D eigenvalue weighted by atomic mass is 32.1. The van der Waals surface area contributed by atoms with Crippen LogP contribution in [-0.4, -0.2) is 24.1 Å². The van der Waals surface area contributed by atoms with Gasteiger partial charge >= 0.3 is 0 Å². The van der Waals surface area contributed by atoms with E-state index in [2.05, 4.69) is 10.3 Å². The van der Waals surface area contributed by atoms with E-state index in [1.165, 1.54) is 0 Å². The van der Waals surface area contributed by atoms with Crippen LogP contribution in [0.1, 0.15) is 5.69 Å². The van der Waals surface area contributed by atoms with Crippen molar-refractivity contribution in [2.75, 3.05) is 18.5 Å². The number of fused-ring (bicyclic) bond motifs is 1. The molecule has 0 saturated carbocycles. The predicted octanol–water partition coefficient (Wildman–Crippen LogP) is 3.82. The molecule has 0 atom stereocenters. The molecule has 1 aromatic carbocycles. The van der Waals surface area contributed by atoms with Gasteiger partial charge in [-0.2, -0.15) is 0 Å². The lowest BCUT2D eigenvalue weighted by Crippen LogP contribution is -2.17. The molecule has 1 amide bonds. The number of amides is 1. The van der Waals surface area contributed by atoms with Gasteiger partial charge in [0.1, 0.15) is 18.2 Å². The first-order valence-corrected chi connectivity index (χ1v) is 9.22. The Bertz CT molecular complexity index is 859. The molecule has 3 aromatic rings. The summed E-state index contributed by atoms with van der Waals surface area (Å²) in [6.45, 7) is 1.07. The zero-order valence-corrected chi connectivity index (χ0v) is 14.3. The van der Waals surface area contributed by atoms with E-state index < -0.39 is 0 Å². The Hall–Kier alpha value is -2.38. The number of rotatable bonds is 4. The van der Waals surface area contributed by atoms with E-state index in [-0.39, 0.29) is 12.3 Å². The van der Waals surface area contributed by atoms with Gasteiger partial charge in [-0.05, 0) is 23.6 Å². The Labute approximate surface area is 146 Å². The van der Waals surface area contributed by atoms with Gasteiger partial charge in [-0.1, -0.05) is 6.07 Å². The van der Waals surface area contributed by atoms with Gasteiger partial charge in [-0.25, -0.2) is 4.98 Å². The zero-order valence-electron chi connectivity index (χ0n) is 12.7. The van der Waals surface area contributed by atoms with Crippen molar-refractivity contribution in [3.05, 3.63) is 46.8 Å². The minimum atomic E-state index is -0.102. The van der Waals surface area contributed by atoms with Crippen LogP contribution in [0.4, 0.5) is 5.69 Å². The maximum Gasteiger partial charge on any atom is 0.230 e. The Morgan fingerprint density at radius 3 is 2.88 bits per heavy atom. The molecule has 3 heterocycles. The van der Waals surface area contributed by atoms with Gasteiger partial charge < -0.3 is 14.8 Å². The molecule has 7 heteroatoms. The molecule has 122 valence electrons. The molecule has 4 rings (SSSR count). The zero-order chi connectivity index (χ0) is 16.4. The lowest BCUT2D eigenvalue weighted by Gasteiger charge is -2.18. The number of hydrogen-bond donors (Lipinski definition) is 1. The molecule has 0 aliphatic carbocycles. The molecular formula is C17H14N2O3S2. The number of carbonyl (C=O) groups excluding carboxylic acids is 1. The second-order valence-corrected chi connectivity index (χ2v) is 7.01. The van der Waals surface area contributed by atoms with Crippen LogP contribution in [0, 0.1) is 0 Å². The Morgan fingerprint density at radius 1 is 1.17 bits per heavy atom. The van der Waals surface area contributed by atoms with E-state index in [1.807, 2.05) is 35.0 Å². The highest BCUT2D eigenvalue weighted by Crippen LogP contribution is 2.32. The van der Waals surface area contributed by atoms with Crippen LogP contribution in [0.5, 0.6) is 11.5 Å². The summed E-state index contributed by atoms with van der Waals surface area (Å²) < 4.78 is 11.0. The summed E-state index contributed by atoms with van der Waals surface area (Å²) in [5.41, 5.74) is 1.47. The number of thiophene rings is 1. The van der Waals surface area contributed by atoms with Crippen LogP contribution < -0.4 is 14.8 Å². The maximum atomic E-state index is 12.2. The van der Waals surface area contributed by atoms with Gasteiger partial charge in [0.25, 0.3) is 0 Å². The molecule has 0 fully saturated rings. The molecular weight excluding hydrogens is 344 g/mol. The smallest absolute Gasteiger partial charge is 0.230 e. The van der Waals surface area contributed by atoms with Gasteiger partial charge in [0.2, 0.25) is 5.91 Å². The minimum absolute atomic E-state index is 0.102. The lowest BCUT2D eigenvalue weighted by atomic mass is 10.2. The van der Waals surface area contributed by atoms with Crippen LogP contribution in [-0.2, 0) is 11.2 Å². The number of thiazole rings is 1. The third-order valence-corrected chi connectivity index (χ3v) is 5.38. The van der Waals surface area contributed by atoms with Crippen molar-refractivity contribution in [3.63, 3.8) is 0 Å². The Morgan fingerprint density at radius 2 is 2.04 bits per heavy atom. The summed E-state index contributed by atoms with van der Waals surface area (Å²) >= 11 is 3.20. The van der Waals surface area contributed by atoms with Gasteiger partial charge in [-0.3, -0.25) is 4.79 Å². The molecule has 2 aromatic heterocycles. The van der Waals surface area contributed by atoms with Crippen molar-refractivity contribution >= 4 is 34.3 Å². The van der Waals surface area contributed by atoms with E-state index in [1.54, 1.807) is 28.7 Å². The van der Waals surface area contributed by atoms with Gasteiger partial charge in [0.05, 0.1) is 17.0 Å². The summed E-state index contributed by atoms with van der Waals surface area (Å²) in [5, 5.41) is 7.78.